The first-order valence-electron chi connectivity index (χ1n) is 11.4. The lowest BCUT2D eigenvalue weighted by Gasteiger charge is -2.31. The fourth-order valence-corrected chi connectivity index (χ4v) is 6.41. The molecule has 2 saturated heterocycles. The largest absolute Gasteiger partial charge is 0.372 e. The highest BCUT2D eigenvalue weighted by molar-refractivity contribution is 7.88. The Balaban J connectivity index is 1.30. The van der Waals surface area contributed by atoms with Crippen molar-refractivity contribution < 1.29 is 17.6 Å². The van der Waals surface area contributed by atoms with Gasteiger partial charge in [0.15, 0.2) is 0 Å². The van der Waals surface area contributed by atoms with Crippen molar-refractivity contribution in [2.24, 2.45) is 5.92 Å². The van der Waals surface area contributed by atoms with Gasteiger partial charge in [-0.05, 0) is 68.5 Å². The van der Waals surface area contributed by atoms with Gasteiger partial charge in [0, 0.05) is 54.1 Å². The number of hydrogen-bond donors (Lipinski definition) is 1. The number of hydrogen-bond acceptors (Lipinski definition) is 4. The van der Waals surface area contributed by atoms with Crippen molar-refractivity contribution in [3.05, 3.63) is 58.9 Å². The highest BCUT2D eigenvalue weighted by Gasteiger charge is 2.32. The SMILES string of the molecule is O=C(Nc1ccc(N2CCCCC2)cc1)C1CCN(S(=O)(=O)Cc2c(F)cccc2Cl)CC1. The molecule has 0 bridgehead atoms. The van der Waals surface area contributed by atoms with Crippen molar-refractivity contribution >= 4 is 38.9 Å². The van der Waals surface area contributed by atoms with Crippen molar-refractivity contribution in [3.63, 3.8) is 0 Å². The summed E-state index contributed by atoms with van der Waals surface area (Å²) in [4.78, 5) is 15.1. The van der Waals surface area contributed by atoms with Crippen LogP contribution < -0.4 is 10.2 Å². The zero-order chi connectivity index (χ0) is 23.4. The summed E-state index contributed by atoms with van der Waals surface area (Å²) in [5.74, 6) is -1.49. The van der Waals surface area contributed by atoms with Crippen LogP contribution in [0.4, 0.5) is 15.8 Å². The van der Waals surface area contributed by atoms with Gasteiger partial charge < -0.3 is 10.2 Å². The summed E-state index contributed by atoms with van der Waals surface area (Å²) >= 11 is 5.99. The third-order valence-electron chi connectivity index (χ3n) is 6.46. The van der Waals surface area contributed by atoms with Crippen LogP contribution in [0.3, 0.4) is 0 Å². The molecule has 1 N–H and O–H groups in total. The van der Waals surface area contributed by atoms with E-state index < -0.39 is 21.6 Å². The molecule has 2 aliphatic rings. The highest BCUT2D eigenvalue weighted by atomic mass is 35.5. The number of carbonyl (C=O) groups is 1. The van der Waals surface area contributed by atoms with Gasteiger partial charge in [0.2, 0.25) is 15.9 Å². The van der Waals surface area contributed by atoms with Crippen LogP contribution in [0.2, 0.25) is 5.02 Å². The predicted octanol–water partition coefficient (Wildman–Crippen LogP) is 4.65. The zero-order valence-electron chi connectivity index (χ0n) is 18.5. The number of carbonyl (C=O) groups excluding carboxylic acids is 1. The average molecular weight is 494 g/mol. The van der Waals surface area contributed by atoms with E-state index in [0.29, 0.717) is 12.8 Å². The van der Waals surface area contributed by atoms with Crippen LogP contribution in [-0.4, -0.2) is 44.8 Å². The normalized spacial score (nSPS) is 18.3. The van der Waals surface area contributed by atoms with E-state index in [1.165, 1.54) is 47.5 Å². The molecule has 0 radical (unpaired) electrons. The molecule has 0 aliphatic carbocycles. The second-order valence-corrected chi connectivity index (χ2v) is 11.1. The van der Waals surface area contributed by atoms with Crippen LogP contribution in [-0.2, 0) is 20.6 Å². The Labute approximate surface area is 199 Å². The molecule has 178 valence electrons. The maximum absolute atomic E-state index is 14.0. The number of sulfonamides is 1. The van der Waals surface area contributed by atoms with Gasteiger partial charge in [0.05, 0.1) is 5.75 Å². The lowest BCUT2D eigenvalue weighted by Crippen LogP contribution is -2.42. The molecule has 33 heavy (non-hydrogen) atoms. The quantitative estimate of drug-likeness (QED) is 0.636. The van der Waals surface area contributed by atoms with Gasteiger partial charge in [0.1, 0.15) is 5.82 Å². The van der Waals surface area contributed by atoms with E-state index in [9.17, 15) is 17.6 Å². The monoisotopic (exact) mass is 493 g/mol. The standard InChI is InChI=1S/C24H29ClFN3O3S/c25-22-5-4-6-23(26)21(22)17-33(31,32)29-15-11-18(12-16-29)24(30)27-19-7-9-20(10-8-19)28-13-2-1-3-14-28/h4-10,18H,1-3,11-17H2,(H,27,30). The van der Waals surface area contributed by atoms with E-state index in [-0.39, 0.29) is 35.5 Å². The van der Waals surface area contributed by atoms with E-state index in [1.807, 2.05) is 24.3 Å². The number of amides is 1. The predicted molar refractivity (Wildman–Crippen MR) is 129 cm³/mol. The van der Waals surface area contributed by atoms with E-state index in [0.717, 1.165) is 18.8 Å². The highest BCUT2D eigenvalue weighted by Crippen LogP contribution is 2.27. The Morgan fingerprint density at radius 2 is 1.67 bits per heavy atom. The Hall–Kier alpha value is -2.16. The molecule has 9 heteroatoms. The van der Waals surface area contributed by atoms with Crippen LogP contribution in [0.1, 0.15) is 37.7 Å². The van der Waals surface area contributed by atoms with Crippen molar-refractivity contribution in [2.45, 2.75) is 37.9 Å². The first-order valence-corrected chi connectivity index (χ1v) is 13.4. The summed E-state index contributed by atoms with van der Waals surface area (Å²) in [6.45, 7) is 2.58. The van der Waals surface area contributed by atoms with Gasteiger partial charge in [-0.2, -0.15) is 0 Å². The molecule has 2 heterocycles. The Morgan fingerprint density at radius 1 is 1.00 bits per heavy atom. The maximum atomic E-state index is 14.0. The van der Waals surface area contributed by atoms with Gasteiger partial charge in [-0.3, -0.25) is 4.79 Å². The van der Waals surface area contributed by atoms with Crippen molar-refractivity contribution in [1.82, 2.24) is 4.31 Å². The summed E-state index contributed by atoms with van der Waals surface area (Å²) in [5.41, 5.74) is 1.89. The van der Waals surface area contributed by atoms with E-state index >= 15 is 0 Å². The molecular weight excluding hydrogens is 465 g/mol. The molecule has 2 aromatic rings. The fraction of sp³-hybridized carbons (Fsp3) is 0.458. The molecule has 6 nitrogen and oxygen atoms in total. The first-order chi connectivity index (χ1) is 15.8. The smallest absolute Gasteiger partial charge is 0.227 e. The first kappa shape index (κ1) is 24.0. The molecule has 0 spiro atoms. The minimum absolute atomic E-state index is 0.0213. The Morgan fingerprint density at radius 3 is 2.30 bits per heavy atom. The molecule has 4 rings (SSSR count). The van der Waals surface area contributed by atoms with Crippen molar-refractivity contribution in [3.8, 4) is 0 Å². The summed E-state index contributed by atoms with van der Waals surface area (Å²) in [7, 11) is -3.73. The van der Waals surface area contributed by atoms with E-state index in [2.05, 4.69) is 10.2 Å². The van der Waals surface area contributed by atoms with Crippen LogP contribution >= 0.6 is 11.6 Å². The molecule has 2 fully saturated rings. The van der Waals surface area contributed by atoms with Crippen LogP contribution in [0, 0.1) is 11.7 Å². The number of nitrogens with zero attached hydrogens (tertiary/aromatic N) is 2. The lowest BCUT2D eigenvalue weighted by molar-refractivity contribution is -0.120. The minimum atomic E-state index is -3.73. The maximum Gasteiger partial charge on any atom is 0.227 e. The molecule has 0 aromatic heterocycles. The van der Waals surface area contributed by atoms with Gasteiger partial charge in [0.25, 0.3) is 0 Å². The Kier molecular flexibility index (Phi) is 7.56. The average Bonchev–Trinajstić information content (AvgIpc) is 2.83. The molecule has 0 saturated carbocycles. The second kappa shape index (κ2) is 10.4. The third kappa shape index (κ3) is 5.86. The summed E-state index contributed by atoms with van der Waals surface area (Å²) in [6, 6.07) is 12.0. The van der Waals surface area contributed by atoms with Crippen LogP contribution in [0.5, 0.6) is 0 Å². The van der Waals surface area contributed by atoms with E-state index in [4.69, 9.17) is 11.6 Å². The summed E-state index contributed by atoms with van der Waals surface area (Å²) in [5, 5.41) is 3.05. The number of anilines is 2. The number of rotatable bonds is 6. The molecule has 0 atom stereocenters. The second-order valence-electron chi connectivity index (χ2n) is 8.71. The van der Waals surface area contributed by atoms with Crippen molar-refractivity contribution in [2.75, 3.05) is 36.4 Å². The summed E-state index contributed by atoms with van der Waals surface area (Å²) < 4.78 is 40.9. The Bertz CT molecular complexity index is 1060. The fourth-order valence-electron chi connectivity index (χ4n) is 4.49. The molecule has 2 aliphatic heterocycles. The number of nitrogens with one attached hydrogen (secondary N) is 1. The van der Waals surface area contributed by atoms with Gasteiger partial charge in [-0.1, -0.05) is 17.7 Å². The van der Waals surface area contributed by atoms with Crippen LogP contribution in [0.15, 0.2) is 42.5 Å². The van der Waals surface area contributed by atoms with Gasteiger partial charge >= 0.3 is 0 Å². The van der Waals surface area contributed by atoms with Gasteiger partial charge in [-0.15, -0.1) is 0 Å². The topological polar surface area (TPSA) is 69.7 Å². The minimum Gasteiger partial charge on any atom is -0.372 e. The molecular formula is C24H29ClFN3O3S. The van der Waals surface area contributed by atoms with Crippen LogP contribution in [0.25, 0.3) is 0 Å². The van der Waals surface area contributed by atoms with E-state index in [1.54, 1.807) is 0 Å². The molecule has 0 unspecified atom stereocenters. The number of piperidine rings is 2. The van der Waals surface area contributed by atoms with Gasteiger partial charge in [-0.25, -0.2) is 17.1 Å². The molecule has 1 amide bonds. The summed E-state index contributed by atoms with van der Waals surface area (Å²) in [6.07, 6.45) is 4.53. The molecule has 2 aromatic carbocycles. The number of benzene rings is 2. The lowest BCUT2D eigenvalue weighted by atomic mass is 9.97. The number of halogens is 2. The zero-order valence-corrected chi connectivity index (χ0v) is 20.0. The van der Waals surface area contributed by atoms with Crippen molar-refractivity contribution in [1.29, 1.82) is 0 Å². The third-order valence-corrected chi connectivity index (χ3v) is 8.62.